The Balaban J connectivity index is 1.58. The zero-order valence-electron chi connectivity index (χ0n) is 12.4. The molecule has 0 aromatic carbocycles. The average molecular weight is 271 g/mol. The maximum atomic E-state index is 4.74. The van der Waals surface area contributed by atoms with Crippen molar-refractivity contribution in [2.45, 2.75) is 76.2 Å². The summed E-state index contributed by atoms with van der Waals surface area (Å²) in [5.74, 6) is 5.75. The predicted octanol–water partition coefficient (Wildman–Crippen LogP) is 3.47. The molecular formula is C17H25N3. The number of fused-ring (bicyclic) bond motifs is 3. The second-order valence-electron chi connectivity index (χ2n) is 7.99. The van der Waals surface area contributed by atoms with Crippen LogP contribution in [0.15, 0.2) is 0 Å². The van der Waals surface area contributed by atoms with Gasteiger partial charge in [-0.1, -0.05) is 6.42 Å². The smallest absolute Gasteiger partial charge is 0.139 e. The van der Waals surface area contributed by atoms with E-state index in [1.807, 2.05) is 0 Å². The van der Waals surface area contributed by atoms with E-state index in [1.165, 1.54) is 76.0 Å². The molecule has 0 saturated heterocycles. The maximum Gasteiger partial charge on any atom is 0.139 e. The van der Waals surface area contributed by atoms with Crippen LogP contribution in [0.5, 0.6) is 0 Å². The number of hydrogen-bond acceptors (Lipinski definition) is 2. The molecule has 1 aromatic rings. The normalized spacial score (nSPS) is 42.5. The molecule has 0 N–H and O–H groups in total. The van der Waals surface area contributed by atoms with E-state index in [9.17, 15) is 0 Å². The maximum absolute atomic E-state index is 4.74. The summed E-state index contributed by atoms with van der Waals surface area (Å²) in [5.41, 5.74) is 0.413. The van der Waals surface area contributed by atoms with E-state index in [1.54, 1.807) is 0 Å². The largest absolute Gasteiger partial charge is 0.315 e. The highest BCUT2D eigenvalue weighted by molar-refractivity contribution is 5.19. The minimum Gasteiger partial charge on any atom is -0.315 e. The van der Waals surface area contributed by atoms with E-state index in [0.717, 1.165) is 24.2 Å². The monoisotopic (exact) mass is 271 g/mol. The summed E-state index contributed by atoms with van der Waals surface area (Å²) in [6.45, 7) is 1.18. The average Bonchev–Trinajstić information content (AvgIpc) is 2.83. The minimum atomic E-state index is 0.413. The fraction of sp³-hybridized carbons (Fsp3) is 0.882. The van der Waals surface area contributed by atoms with Crippen molar-refractivity contribution in [2.24, 2.45) is 17.8 Å². The van der Waals surface area contributed by atoms with Gasteiger partial charge in [0.05, 0.1) is 0 Å². The standard InChI is InChI=1S/C17H25N3/c1-2-4-15-18-19-16(20(15)7-3-1)17-6-5-13-8-12(10-17)9-14(13)11-17/h12-14H,1-11H2/t12?,13?,14-,17?/m0/s1. The van der Waals surface area contributed by atoms with Gasteiger partial charge in [-0.15, -0.1) is 10.2 Å². The highest BCUT2D eigenvalue weighted by atomic mass is 15.3. The van der Waals surface area contributed by atoms with Crippen molar-refractivity contribution in [2.75, 3.05) is 0 Å². The van der Waals surface area contributed by atoms with Gasteiger partial charge in [-0.25, -0.2) is 0 Å². The zero-order valence-corrected chi connectivity index (χ0v) is 12.4. The lowest BCUT2D eigenvalue weighted by molar-refractivity contribution is 0.127. The van der Waals surface area contributed by atoms with Gasteiger partial charge in [-0.05, 0) is 69.1 Å². The molecule has 3 heteroatoms. The molecule has 0 spiro atoms. The van der Waals surface area contributed by atoms with E-state index in [-0.39, 0.29) is 0 Å². The lowest BCUT2D eigenvalue weighted by Gasteiger charge is -2.44. The summed E-state index contributed by atoms with van der Waals surface area (Å²) in [7, 11) is 0. The van der Waals surface area contributed by atoms with Crippen LogP contribution in [-0.4, -0.2) is 14.8 Å². The third kappa shape index (κ3) is 1.52. The highest BCUT2D eigenvalue weighted by Gasteiger charge is 2.54. The van der Waals surface area contributed by atoms with Crippen LogP contribution in [0, 0.1) is 17.8 Å². The van der Waals surface area contributed by atoms with Crippen molar-refractivity contribution in [3.05, 3.63) is 11.6 Å². The highest BCUT2D eigenvalue weighted by Crippen LogP contribution is 2.61. The molecule has 20 heavy (non-hydrogen) atoms. The van der Waals surface area contributed by atoms with E-state index in [4.69, 9.17) is 5.10 Å². The summed E-state index contributed by atoms with van der Waals surface area (Å²) in [6, 6.07) is 0. The molecule has 1 aromatic heterocycles. The third-order valence-corrected chi connectivity index (χ3v) is 6.85. The molecule has 4 atom stereocenters. The van der Waals surface area contributed by atoms with Gasteiger partial charge < -0.3 is 4.57 Å². The fourth-order valence-electron chi connectivity index (χ4n) is 6.08. The van der Waals surface area contributed by atoms with Crippen LogP contribution >= 0.6 is 0 Å². The third-order valence-electron chi connectivity index (χ3n) is 6.85. The van der Waals surface area contributed by atoms with Crippen molar-refractivity contribution in [1.82, 2.24) is 14.8 Å². The first-order chi connectivity index (χ1) is 9.84. The van der Waals surface area contributed by atoms with E-state index >= 15 is 0 Å². The van der Waals surface area contributed by atoms with Crippen molar-refractivity contribution < 1.29 is 0 Å². The molecule has 3 fully saturated rings. The quantitative estimate of drug-likeness (QED) is 0.783. The van der Waals surface area contributed by atoms with Crippen molar-refractivity contribution in [1.29, 1.82) is 0 Å². The van der Waals surface area contributed by atoms with Gasteiger partial charge in [0, 0.05) is 18.4 Å². The van der Waals surface area contributed by atoms with Crippen LogP contribution in [0.25, 0.3) is 0 Å². The number of nitrogens with zero attached hydrogens (tertiary/aromatic N) is 3. The first-order valence-electron chi connectivity index (χ1n) is 8.77. The van der Waals surface area contributed by atoms with Crippen molar-refractivity contribution in [3.63, 3.8) is 0 Å². The molecule has 3 bridgehead atoms. The summed E-state index contributed by atoms with van der Waals surface area (Å²) in [6.07, 6.45) is 13.9. The molecule has 0 amide bonds. The van der Waals surface area contributed by atoms with Gasteiger partial charge in [-0.2, -0.15) is 0 Å². The molecule has 4 aliphatic rings. The van der Waals surface area contributed by atoms with Crippen LogP contribution in [0.2, 0.25) is 0 Å². The van der Waals surface area contributed by atoms with Crippen LogP contribution in [0.3, 0.4) is 0 Å². The first kappa shape index (κ1) is 11.8. The zero-order chi connectivity index (χ0) is 13.2. The molecular weight excluding hydrogens is 246 g/mol. The van der Waals surface area contributed by atoms with Gasteiger partial charge >= 0.3 is 0 Å². The Kier molecular flexibility index (Phi) is 2.40. The molecule has 1 aliphatic heterocycles. The fourth-order valence-corrected chi connectivity index (χ4v) is 6.08. The molecule has 3 unspecified atom stereocenters. The summed E-state index contributed by atoms with van der Waals surface area (Å²) >= 11 is 0. The lowest BCUT2D eigenvalue weighted by Crippen LogP contribution is -2.40. The van der Waals surface area contributed by atoms with Crippen LogP contribution in [0.1, 0.15) is 69.4 Å². The van der Waals surface area contributed by atoms with E-state index < -0.39 is 0 Å². The molecule has 3 nitrogen and oxygen atoms in total. The molecule has 3 aliphatic carbocycles. The molecule has 0 radical (unpaired) electrons. The second kappa shape index (κ2) is 4.08. The van der Waals surface area contributed by atoms with Crippen LogP contribution in [0.4, 0.5) is 0 Å². The van der Waals surface area contributed by atoms with Gasteiger partial charge in [0.2, 0.25) is 0 Å². The van der Waals surface area contributed by atoms with Crippen LogP contribution < -0.4 is 0 Å². The van der Waals surface area contributed by atoms with Gasteiger partial charge in [0.25, 0.3) is 0 Å². The van der Waals surface area contributed by atoms with E-state index in [0.29, 0.717) is 5.41 Å². The van der Waals surface area contributed by atoms with Crippen molar-refractivity contribution >= 4 is 0 Å². The van der Waals surface area contributed by atoms with Gasteiger partial charge in [-0.3, -0.25) is 0 Å². The van der Waals surface area contributed by atoms with E-state index in [2.05, 4.69) is 9.67 Å². The summed E-state index contributed by atoms with van der Waals surface area (Å²) in [4.78, 5) is 0. The molecule has 5 rings (SSSR count). The molecule has 2 heterocycles. The Morgan fingerprint density at radius 1 is 1.00 bits per heavy atom. The number of aryl methyl sites for hydroxylation is 1. The molecule has 108 valence electrons. The lowest BCUT2D eigenvalue weighted by atomic mass is 9.61. The minimum absolute atomic E-state index is 0.413. The first-order valence-corrected chi connectivity index (χ1v) is 8.77. The molecule has 3 saturated carbocycles. The Hall–Kier alpha value is -0.860. The van der Waals surface area contributed by atoms with Crippen LogP contribution in [-0.2, 0) is 18.4 Å². The Labute approximate surface area is 121 Å². The van der Waals surface area contributed by atoms with Crippen molar-refractivity contribution in [3.8, 4) is 0 Å². The van der Waals surface area contributed by atoms with Gasteiger partial charge in [0.1, 0.15) is 11.6 Å². The Bertz CT molecular complexity index is 530. The second-order valence-corrected chi connectivity index (χ2v) is 7.99. The van der Waals surface area contributed by atoms with Gasteiger partial charge in [0.15, 0.2) is 0 Å². The number of rotatable bonds is 1. The summed E-state index contributed by atoms with van der Waals surface area (Å²) < 4.78 is 2.54. The summed E-state index contributed by atoms with van der Waals surface area (Å²) in [5, 5.41) is 9.33. The Morgan fingerprint density at radius 2 is 1.95 bits per heavy atom. The number of aromatic nitrogens is 3. The number of hydrogen-bond donors (Lipinski definition) is 0. The SMILES string of the molecule is C1CCc2nnc(C34CCC5CC(C[C@H]5C3)C4)n2CC1. The predicted molar refractivity (Wildman–Crippen MR) is 77.4 cm³/mol. The topological polar surface area (TPSA) is 30.7 Å². The Morgan fingerprint density at radius 3 is 2.95 bits per heavy atom.